The summed E-state index contributed by atoms with van der Waals surface area (Å²) in [7, 11) is 1.66. The van der Waals surface area contributed by atoms with E-state index in [9.17, 15) is 19.2 Å². The van der Waals surface area contributed by atoms with Gasteiger partial charge in [-0.05, 0) is 44.4 Å². The number of nitrogens with zero attached hydrogens (tertiary/aromatic N) is 3. The number of likely N-dealkylation sites (N-methyl/N-ethyl adjacent to an activating group) is 1. The summed E-state index contributed by atoms with van der Waals surface area (Å²) >= 11 is 0. The Morgan fingerprint density at radius 1 is 1.14 bits per heavy atom. The van der Waals surface area contributed by atoms with Gasteiger partial charge in [0.05, 0.1) is 13.1 Å². The highest BCUT2D eigenvalue weighted by molar-refractivity contribution is 5.98. The number of benzene rings is 1. The van der Waals surface area contributed by atoms with E-state index in [0.29, 0.717) is 13.0 Å². The Labute approximate surface area is 206 Å². The topological polar surface area (TPSA) is 134 Å². The molecule has 10 heteroatoms. The van der Waals surface area contributed by atoms with Crippen LogP contribution in [0.15, 0.2) is 27.8 Å². The van der Waals surface area contributed by atoms with Crippen molar-refractivity contribution in [3.05, 3.63) is 50.2 Å². The number of H-pyrrole nitrogens is 1. The zero-order chi connectivity index (χ0) is 26.3. The second-order valence-electron chi connectivity index (χ2n) is 9.38. The molecule has 0 atom stereocenters. The highest BCUT2D eigenvalue weighted by Gasteiger charge is 2.25. The predicted octanol–water partition coefficient (Wildman–Crippen LogP) is 2.10. The maximum Gasteiger partial charge on any atom is 0.330 e. The zero-order valence-corrected chi connectivity index (χ0v) is 21.6. The molecular formula is C25H38N6O4. The van der Waals surface area contributed by atoms with Gasteiger partial charge < -0.3 is 16.0 Å². The number of carbonyl (C=O) groups is 2. The Morgan fingerprint density at radius 3 is 2.34 bits per heavy atom. The van der Waals surface area contributed by atoms with Gasteiger partial charge >= 0.3 is 5.69 Å². The van der Waals surface area contributed by atoms with Crippen LogP contribution in [0.5, 0.6) is 0 Å². The van der Waals surface area contributed by atoms with Gasteiger partial charge in [-0.2, -0.15) is 0 Å². The average Bonchev–Trinajstić information content (AvgIpc) is 2.75. The third-order valence-electron chi connectivity index (χ3n) is 5.63. The Kier molecular flexibility index (Phi) is 9.82. The maximum absolute atomic E-state index is 13.3. The molecule has 192 valence electrons. The van der Waals surface area contributed by atoms with Crippen molar-refractivity contribution in [2.24, 2.45) is 5.92 Å². The molecular weight excluding hydrogens is 448 g/mol. The Balaban J connectivity index is 2.24. The van der Waals surface area contributed by atoms with E-state index in [1.54, 1.807) is 11.9 Å². The fourth-order valence-corrected chi connectivity index (χ4v) is 3.87. The molecule has 0 radical (unpaired) electrons. The van der Waals surface area contributed by atoms with E-state index in [1.807, 2.05) is 52.8 Å². The summed E-state index contributed by atoms with van der Waals surface area (Å²) < 4.78 is 1.29. The minimum atomic E-state index is -0.701. The molecule has 0 unspecified atom stereocenters. The van der Waals surface area contributed by atoms with Gasteiger partial charge in [-0.1, -0.05) is 45.4 Å². The third kappa shape index (κ3) is 7.29. The summed E-state index contributed by atoms with van der Waals surface area (Å²) in [5.41, 5.74) is 7.57. The first-order valence-corrected chi connectivity index (χ1v) is 11.9. The molecule has 0 aliphatic rings. The molecule has 2 rings (SSSR count). The predicted molar refractivity (Wildman–Crippen MR) is 140 cm³/mol. The third-order valence-corrected chi connectivity index (χ3v) is 5.63. The first-order chi connectivity index (χ1) is 16.5. The molecule has 4 N–H and O–H groups in total. The first-order valence-electron chi connectivity index (χ1n) is 11.9. The number of unbranched alkanes of at least 4 members (excludes halogenated alkanes) is 1. The van der Waals surface area contributed by atoms with Crippen LogP contribution in [-0.2, 0) is 16.1 Å². The van der Waals surface area contributed by atoms with Crippen molar-refractivity contribution in [3.8, 4) is 0 Å². The summed E-state index contributed by atoms with van der Waals surface area (Å²) in [4.78, 5) is 56.2. The Hall–Kier alpha value is -3.40. The van der Waals surface area contributed by atoms with Crippen molar-refractivity contribution >= 4 is 29.0 Å². The number of hydrogen-bond acceptors (Lipinski definition) is 6. The number of nitrogens with two attached hydrogens (primary N) is 1. The van der Waals surface area contributed by atoms with Gasteiger partial charge in [0.1, 0.15) is 5.82 Å². The highest BCUT2D eigenvalue weighted by atomic mass is 16.2. The Morgan fingerprint density at radius 2 is 1.77 bits per heavy atom. The number of amides is 2. The molecule has 10 nitrogen and oxygen atoms in total. The fraction of sp³-hybridized carbons (Fsp3) is 0.520. The van der Waals surface area contributed by atoms with E-state index < -0.39 is 11.2 Å². The molecule has 1 aromatic heterocycles. The highest BCUT2D eigenvalue weighted by Crippen LogP contribution is 2.20. The van der Waals surface area contributed by atoms with Crippen molar-refractivity contribution in [3.63, 3.8) is 0 Å². The number of para-hydroxylation sites is 1. The summed E-state index contributed by atoms with van der Waals surface area (Å²) in [6.07, 6.45) is 1.44. The van der Waals surface area contributed by atoms with Crippen molar-refractivity contribution in [1.82, 2.24) is 14.5 Å². The van der Waals surface area contributed by atoms with E-state index in [-0.39, 0.29) is 48.9 Å². The molecule has 1 aromatic carbocycles. The lowest BCUT2D eigenvalue weighted by molar-refractivity contribution is -0.121. The number of carbonyl (C=O) groups excluding carboxylic acids is 2. The molecule has 0 fully saturated rings. The van der Waals surface area contributed by atoms with Crippen LogP contribution in [0.3, 0.4) is 0 Å². The molecule has 0 aliphatic carbocycles. The SMILES string of the molecule is CCCCN(C(=O)CN(C)CC(=O)Nc1c(C)cccc1C)c1c(N)n(CC(C)C)c(=O)[nH]c1=O. The van der Waals surface area contributed by atoms with Crippen LogP contribution in [-0.4, -0.2) is 52.9 Å². The maximum atomic E-state index is 13.3. The van der Waals surface area contributed by atoms with Crippen molar-refractivity contribution in [1.29, 1.82) is 0 Å². The lowest BCUT2D eigenvalue weighted by Crippen LogP contribution is -2.46. The number of nitrogens with one attached hydrogen (secondary N) is 2. The van der Waals surface area contributed by atoms with E-state index in [0.717, 1.165) is 23.2 Å². The van der Waals surface area contributed by atoms with E-state index in [2.05, 4.69) is 10.3 Å². The molecule has 2 aromatic rings. The van der Waals surface area contributed by atoms with Crippen LogP contribution in [0.4, 0.5) is 17.2 Å². The fourth-order valence-electron chi connectivity index (χ4n) is 3.87. The minimum Gasteiger partial charge on any atom is -0.383 e. The van der Waals surface area contributed by atoms with Crippen molar-refractivity contribution in [2.75, 3.05) is 42.6 Å². The number of anilines is 3. The van der Waals surface area contributed by atoms with E-state index >= 15 is 0 Å². The van der Waals surface area contributed by atoms with Crippen LogP contribution < -0.4 is 27.2 Å². The minimum absolute atomic E-state index is 0.0141. The summed E-state index contributed by atoms with van der Waals surface area (Å²) in [5, 5.41) is 2.91. The largest absolute Gasteiger partial charge is 0.383 e. The number of rotatable bonds is 11. The standard InChI is InChI=1S/C25H38N6O4/c1-7-8-12-30(22-23(26)31(13-16(2)3)25(35)28-24(22)34)20(33)15-29(6)14-19(32)27-21-17(4)10-9-11-18(21)5/h9-11,16H,7-8,12-15,26H2,1-6H3,(H,27,32)(H,28,34,35). The van der Waals surface area contributed by atoms with Gasteiger partial charge in [0.25, 0.3) is 5.56 Å². The van der Waals surface area contributed by atoms with Crippen LogP contribution in [0.25, 0.3) is 0 Å². The van der Waals surface area contributed by atoms with Crippen LogP contribution in [0, 0.1) is 19.8 Å². The molecule has 0 saturated carbocycles. The zero-order valence-electron chi connectivity index (χ0n) is 21.6. The van der Waals surface area contributed by atoms with Crippen LogP contribution in [0.2, 0.25) is 0 Å². The van der Waals surface area contributed by atoms with E-state index in [4.69, 9.17) is 5.73 Å². The normalized spacial score (nSPS) is 11.2. The number of hydrogen-bond donors (Lipinski definition) is 3. The van der Waals surface area contributed by atoms with Gasteiger partial charge in [-0.3, -0.25) is 28.8 Å². The number of aromatic amines is 1. The molecule has 0 saturated heterocycles. The molecule has 0 aliphatic heterocycles. The lowest BCUT2D eigenvalue weighted by atomic mass is 10.1. The second-order valence-corrected chi connectivity index (χ2v) is 9.38. The monoisotopic (exact) mass is 486 g/mol. The number of aryl methyl sites for hydroxylation is 2. The average molecular weight is 487 g/mol. The van der Waals surface area contributed by atoms with Gasteiger partial charge in [0.2, 0.25) is 11.8 Å². The molecule has 1 heterocycles. The summed E-state index contributed by atoms with van der Waals surface area (Å²) in [6.45, 7) is 10.1. The van der Waals surface area contributed by atoms with Crippen molar-refractivity contribution in [2.45, 2.75) is 54.0 Å². The smallest absolute Gasteiger partial charge is 0.330 e. The van der Waals surface area contributed by atoms with Gasteiger partial charge in [-0.25, -0.2) is 4.79 Å². The number of aromatic nitrogens is 2. The summed E-state index contributed by atoms with van der Waals surface area (Å²) in [6, 6.07) is 5.76. The quantitative estimate of drug-likeness (QED) is 0.445. The van der Waals surface area contributed by atoms with Gasteiger partial charge in [-0.15, -0.1) is 0 Å². The molecule has 35 heavy (non-hydrogen) atoms. The number of nitrogen functional groups attached to an aromatic ring is 1. The van der Waals surface area contributed by atoms with Crippen LogP contribution >= 0.6 is 0 Å². The molecule has 2 amide bonds. The van der Waals surface area contributed by atoms with E-state index in [1.165, 1.54) is 9.47 Å². The molecule has 0 spiro atoms. The second kappa shape index (κ2) is 12.3. The van der Waals surface area contributed by atoms with Gasteiger partial charge in [0, 0.05) is 18.8 Å². The Bertz CT molecular complexity index is 1150. The lowest BCUT2D eigenvalue weighted by Gasteiger charge is -2.27. The first kappa shape index (κ1) is 27.8. The summed E-state index contributed by atoms with van der Waals surface area (Å²) in [5.74, 6) is -0.559. The molecule has 0 bridgehead atoms. The van der Waals surface area contributed by atoms with Crippen LogP contribution in [0.1, 0.15) is 44.7 Å². The van der Waals surface area contributed by atoms with Gasteiger partial charge in [0.15, 0.2) is 5.69 Å². The van der Waals surface area contributed by atoms with Crippen molar-refractivity contribution < 1.29 is 9.59 Å².